The molecule has 1 atom stereocenters. The predicted molar refractivity (Wildman–Crippen MR) is 104 cm³/mol. The summed E-state index contributed by atoms with van der Waals surface area (Å²) >= 11 is 5.32. The van der Waals surface area contributed by atoms with Gasteiger partial charge in [0.2, 0.25) is 0 Å². The molecule has 0 spiro atoms. The van der Waals surface area contributed by atoms with E-state index in [0.29, 0.717) is 11.2 Å². The molecule has 0 aromatic heterocycles. The van der Waals surface area contributed by atoms with Crippen molar-refractivity contribution < 1.29 is 9.82 Å². The molecule has 2 aromatic rings. The zero-order chi connectivity index (χ0) is 18.2. The van der Waals surface area contributed by atoms with Gasteiger partial charge in [0.05, 0.1) is 25.6 Å². The summed E-state index contributed by atoms with van der Waals surface area (Å²) in [6.45, 7) is 0.732. The van der Waals surface area contributed by atoms with E-state index in [1.54, 1.807) is 12.1 Å². The van der Waals surface area contributed by atoms with E-state index in [-0.39, 0.29) is 5.69 Å². The lowest BCUT2D eigenvalue weighted by atomic mass is 10.1. The molecule has 0 aliphatic heterocycles. The van der Waals surface area contributed by atoms with Crippen molar-refractivity contribution in [3.05, 3.63) is 70.3 Å². The maximum absolute atomic E-state index is 10.7. The lowest BCUT2D eigenvalue weighted by Gasteiger charge is -2.23. The molecule has 7 heteroatoms. The molecule has 2 aromatic carbocycles. The van der Waals surface area contributed by atoms with Gasteiger partial charge in [-0.25, -0.2) is 0 Å². The Balaban J connectivity index is 1.87. The van der Waals surface area contributed by atoms with E-state index >= 15 is 0 Å². The summed E-state index contributed by atoms with van der Waals surface area (Å²) in [6.07, 6.45) is 0.955. The highest BCUT2D eigenvalue weighted by Crippen LogP contribution is 2.15. The Kier molecular flexibility index (Phi) is 6.85. The van der Waals surface area contributed by atoms with E-state index in [0.717, 1.165) is 18.7 Å². The number of nitro benzene ring substituents is 1. The van der Waals surface area contributed by atoms with Crippen LogP contribution in [0.15, 0.2) is 54.6 Å². The molecule has 132 valence electrons. The fraction of sp³-hybridized carbons (Fsp3) is 0.278. The third kappa shape index (κ3) is 6.13. The monoisotopic (exact) mass is 359 g/mol. The minimum Gasteiger partial charge on any atom is -0.356 e. The smallest absolute Gasteiger partial charge is 0.269 e. The number of anilines is 1. The molecule has 0 aliphatic carbocycles. The minimum absolute atomic E-state index is 0.0589. The maximum Gasteiger partial charge on any atom is 0.269 e. The highest BCUT2D eigenvalue weighted by molar-refractivity contribution is 7.80. The second-order valence-electron chi connectivity index (χ2n) is 6.10. The van der Waals surface area contributed by atoms with Crippen molar-refractivity contribution in [1.82, 2.24) is 5.32 Å². The number of rotatable bonds is 7. The number of likely N-dealkylation sites (N-methyl/N-ethyl adjacent to an activating group) is 1. The summed E-state index contributed by atoms with van der Waals surface area (Å²) < 4.78 is 0. The Hall–Kier alpha value is -2.51. The number of nitro groups is 1. The summed E-state index contributed by atoms with van der Waals surface area (Å²) in [7, 11) is 4.25. The Morgan fingerprint density at radius 2 is 1.80 bits per heavy atom. The van der Waals surface area contributed by atoms with Crippen LogP contribution in [0.25, 0.3) is 0 Å². The van der Waals surface area contributed by atoms with Gasteiger partial charge < -0.3 is 15.5 Å². The van der Waals surface area contributed by atoms with Crippen molar-refractivity contribution in [2.75, 3.05) is 26.0 Å². The molecule has 0 unspecified atom stereocenters. The van der Waals surface area contributed by atoms with Gasteiger partial charge in [0.25, 0.3) is 5.69 Å². The van der Waals surface area contributed by atoms with Crippen LogP contribution in [0.4, 0.5) is 11.4 Å². The largest absolute Gasteiger partial charge is 0.356 e. The summed E-state index contributed by atoms with van der Waals surface area (Å²) in [4.78, 5) is 11.6. The van der Waals surface area contributed by atoms with E-state index in [4.69, 9.17) is 12.2 Å². The van der Waals surface area contributed by atoms with Crippen molar-refractivity contribution in [2.24, 2.45) is 0 Å². The molecule has 0 heterocycles. The van der Waals surface area contributed by atoms with Gasteiger partial charge in [-0.05, 0) is 29.9 Å². The van der Waals surface area contributed by atoms with Crippen LogP contribution in [0.5, 0.6) is 0 Å². The van der Waals surface area contributed by atoms with Crippen LogP contribution in [-0.2, 0) is 6.42 Å². The highest BCUT2D eigenvalue weighted by Gasteiger charge is 2.16. The quantitative estimate of drug-likeness (QED) is 0.398. The Bertz CT molecular complexity index is 705. The number of quaternary nitrogens is 1. The fourth-order valence-corrected chi connectivity index (χ4v) is 2.64. The predicted octanol–water partition coefficient (Wildman–Crippen LogP) is 1.64. The first-order chi connectivity index (χ1) is 12.0. The van der Waals surface area contributed by atoms with E-state index in [1.165, 1.54) is 22.6 Å². The van der Waals surface area contributed by atoms with Crippen molar-refractivity contribution in [1.29, 1.82) is 0 Å². The summed E-state index contributed by atoms with van der Waals surface area (Å²) in [5, 5.41) is 17.5. The van der Waals surface area contributed by atoms with Crippen LogP contribution >= 0.6 is 12.2 Å². The zero-order valence-corrected chi connectivity index (χ0v) is 15.2. The van der Waals surface area contributed by atoms with E-state index in [2.05, 4.69) is 36.9 Å². The zero-order valence-electron chi connectivity index (χ0n) is 14.4. The number of thiocarbonyl (C=S) groups is 1. The molecular weight excluding hydrogens is 336 g/mol. The molecule has 25 heavy (non-hydrogen) atoms. The van der Waals surface area contributed by atoms with Gasteiger partial charge in [-0.1, -0.05) is 30.3 Å². The topological polar surface area (TPSA) is 71.6 Å². The first-order valence-electron chi connectivity index (χ1n) is 8.09. The SMILES string of the molecule is C[NH+](C)[C@H](CNC(=S)Nc1ccc([N+](=O)[O-])cc1)Cc1ccccc1. The van der Waals surface area contributed by atoms with Crippen LogP contribution in [0.3, 0.4) is 0 Å². The molecule has 0 fully saturated rings. The summed E-state index contributed by atoms with van der Waals surface area (Å²) in [5.41, 5.74) is 2.08. The average Bonchev–Trinajstić information content (AvgIpc) is 2.59. The molecule has 0 saturated carbocycles. The van der Waals surface area contributed by atoms with Crippen LogP contribution in [0.2, 0.25) is 0 Å². The molecule has 0 amide bonds. The molecule has 0 saturated heterocycles. The second-order valence-corrected chi connectivity index (χ2v) is 6.51. The highest BCUT2D eigenvalue weighted by atomic mass is 32.1. The number of hydrogen-bond donors (Lipinski definition) is 3. The summed E-state index contributed by atoms with van der Waals surface area (Å²) in [5.74, 6) is 0. The van der Waals surface area contributed by atoms with Gasteiger partial charge in [0.1, 0.15) is 6.04 Å². The lowest BCUT2D eigenvalue weighted by Crippen LogP contribution is -3.11. The number of non-ortho nitro benzene ring substituents is 1. The lowest BCUT2D eigenvalue weighted by molar-refractivity contribution is -0.884. The van der Waals surface area contributed by atoms with E-state index in [1.807, 2.05) is 18.2 Å². The van der Waals surface area contributed by atoms with Crippen LogP contribution in [0, 0.1) is 10.1 Å². The fourth-order valence-electron chi connectivity index (χ4n) is 2.44. The molecule has 0 bridgehead atoms. The normalized spacial score (nSPS) is 11.8. The third-order valence-corrected chi connectivity index (χ3v) is 4.23. The molecule has 0 radical (unpaired) electrons. The number of nitrogens with zero attached hydrogens (tertiary/aromatic N) is 1. The van der Waals surface area contributed by atoms with Crippen molar-refractivity contribution in [3.63, 3.8) is 0 Å². The van der Waals surface area contributed by atoms with Gasteiger partial charge in [-0.3, -0.25) is 10.1 Å². The van der Waals surface area contributed by atoms with E-state index in [9.17, 15) is 10.1 Å². The Labute approximate surface area is 153 Å². The summed E-state index contributed by atoms with van der Waals surface area (Å²) in [6, 6.07) is 16.9. The standard InChI is InChI=1S/C18H22N4O2S/c1-21(2)17(12-14-6-4-3-5-7-14)13-19-18(25)20-15-8-10-16(11-9-15)22(23)24/h3-11,17H,12-13H2,1-2H3,(H2,19,20,25)/p+1/t17-/m0/s1. The average molecular weight is 359 g/mol. The van der Waals surface area contributed by atoms with Crippen molar-refractivity contribution in [2.45, 2.75) is 12.5 Å². The van der Waals surface area contributed by atoms with Gasteiger partial charge >= 0.3 is 0 Å². The van der Waals surface area contributed by atoms with Gasteiger partial charge in [0, 0.05) is 24.2 Å². The Morgan fingerprint density at radius 3 is 2.36 bits per heavy atom. The van der Waals surface area contributed by atoms with Crippen LogP contribution < -0.4 is 15.5 Å². The minimum atomic E-state index is -0.422. The van der Waals surface area contributed by atoms with Crippen molar-refractivity contribution >= 4 is 28.7 Å². The molecule has 2 rings (SSSR count). The number of nitrogens with one attached hydrogen (secondary N) is 3. The molecule has 0 aliphatic rings. The van der Waals surface area contributed by atoms with E-state index < -0.39 is 4.92 Å². The maximum atomic E-state index is 10.7. The van der Waals surface area contributed by atoms with Crippen molar-refractivity contribution in [3.8, 4) is 0 Å². The Morgan fingerprint density at radius 1 is 1.16 bits per heavy atom. The molecule has 6 nitrogen and oxygen atoms in total. The second kappa shape index (κ2) is 9.10. The molecule has 3 N–H and O–H groups in total. The van der Waals surface area contributed by atoms with Gasteiger partial charge in [0.15, 0.2) is 5.11 Å². The first-order valence-corrected chi connectivity index (χ1v) is 8.50. The number of benzene rings is 2. The van der Waals surface area contributed by atoms with Crippen LogP contribution in [0.1, 0.15) is 5.56 Å². The van der Waals surface area contributed by atoms with Gasteiger partial charge in [-0.2, -0.15) is 0 Å². The number of hydrogen-bond acceptors (Lipinski definition) is 3. The molecular formula is C18H23N4O2S+. The van der Waals surface area contributed by atoms with Gasteiger partial charge in [-0.15, -0.1) is 0 Å². The third-order valence-electron chi connectivity index (χ3n) is 3.99. The first kappa shape index (κ1) is 18.8. The van der Waals surface area contributed by atoms with Crippen LogP contribution in [-0.4, -0.2) is 36.7 Å².